The van der Waals surface area contributed by atoms with E-state index in [2.05, 4.69) is 22.5 Å². The van der Waals surface area contributed by atoms with Gasteiger partial charge >= 0.3 is 11.9 Å². The van der Waals surface area contributed by atoms with E-state index in [0.29, 0.717) is 0 Å². The summed E-state index contributed by atoms with van der Waals surface area (Å²) in [7, 11) is 0. The van der Waals surface area contributed by atoms with Crippen molar-refractivity contribution in [3.05, 3.63) is 60.2 Å². The van der Waals surface area contributed by atoms with Gasteiger partial charge in [-0.05, 0) is 36.8 Å². The third kappa shape index (κ3) is 12.5. The Morgan fingerprint density at radius 3 is 1.42 bits per heavy atom. The summed E-state index contributed by atoms with van der Waals surface area (Å²) in [6.07, 6.45) is 7.81. The lowest BCUT2D eigenvalue weighted by Gasteiger charge is -1.92. The highest BCUT2D eigenvalue weighted by Gasteiger charge is 2.04. The molecule has 2 N–H and O–H groups in total. The minimum atomic E-state index is -1.82. The highest BCUT2D eigenvalue weighted by molar-refractivity contribution is 7.98. The van der Waals surface area contributed by atoms with Crippen LogP contribution in [0.25, 0.3) is 0 Å². The molecule has 2 aromatic heterocycles. The number of aliphatic carboxylic acids is 2. The highest BCUT2D eigenvalue weighted by atomic mass is 32.2. The van der Waals surface area contributed by atoms with Crippen LogP contribution in [0.15, 0.2) is 48.8 Å². The van der Waals surface area contributed by atoms with E-state index in [0.717, 1.165) is 22.9 Å². The van der Waals surface area contributed by atoms with Crippen LogP contribution in [0.4, 0.5) is 0 Å². The lowest BCUT2D eigenvalue weighted by atomic mass is 10.4. The summed E-state index contributed by atoms with van der Waals surface area (Å²) in [5.74, 6) is -1.62. The lowest BCUT2D eigenvalue weighted by Crippen LogP contribution is -2.09. The molecule has 2 heterocycles. The number of carboxylic acids is 2. The molecule has 0 saturated carbocycles. The second-order valence-electron chi connectivity index (χ2n) is 4.12. The maximum absolute atomic E-state index is 9.10. The topological polar surface area (TPSA) is 100 Å². The average Bonchev–Trinajstić information content (AvgIpc) is 2.58. The Bertz CT molecular complexity index is 530. The number of carbonyl (C=O) groups is 2. The van der Waals surface area contributed by atoms with Crippen LogP contribution in [-0.2, 0) is 21.1 Å². The lowest BCUT2D eigenvalue weighted by molar-refractivity contribution is -0.159. The zero-order valence-electron chi connectivity index (χ0n) is 13.5. The van der Waals surface area contributed by atoms with E-state index in [1.807, 2.05) is 48.8 Å². The maximum atomic E-state index is 9.10. The van der Waals surface area contributed by atoms with Crippen molar-refractivity contribution in [3.63, 3.8) is 0 Å². The number of thioether (sulfide) groups is 2. The number of hydrogen-bond donors (Lipinski definition) is 2. The van der Waals surface area contributed by atoms with Crippen LogP contribution >= 0.6 is 23.5 Å². The van der Waals surface area contributed by atoms with E-state index in [1.54, 1.807) is 23.5 Å². The molecule has 0 unspecified atom stereocenters. The summed E-state index contributed by atoms with van der Waals surface area (Å²) in [6, 6.07) is 12.0. The van der Waals surface area contributed by atoms with E-state index in [9.17, 15) is 0 Å². The third-order valence-corrected chi connectivity index (χ3v) is 3.39. The van der Waals surface area contributed by atoms with Crippen molar-refractivity contribution in [2.45, 2.75) is 11.5 Å². The SMILES string of the molecule is CSCc1ccccn1.CSCc1ccccn1.O=C(O)C(=O)O. The molecule has 0 spiro atoms. The van der Waals surface area contributed by atoms with Crippen molar-refractivity contribution in [1.29, 1.82) is 0 Å². The van der Waals surface area contributed by atoms with Crippen molar-refractivity contribution in [3.8, 4) is 0 Å². The largest absolute Gasteiger partial charge is 0.473 e. The van der Waals surface area contributed by atoms with Crippen molar-refractivity contribution in [1.82, 2.24) is 9.97 Å². The number of aromatic nitrogens is 2. The normalized spacial score (nSPS) is 8.92. The van der Waals surface area contributed by atoms with E-state index in [1.165, 1.54) is 0 Å². The molecular weight excluding hydrogens is 348 g/mol. The van der Waals surface area contributed by atoms with Crippen LogP contribution in [-0.4, -0.2) is 44.6 Å². The molecule has 130 valence electrons. The molecule has 0 amide bonds. The summed E-state index contributed by atoms with van der Waals surface area (Å²) < 4.78 is 0. The summed E-state index contributed by atoms with van der Waals surface area (Å²) >= 11 is 3.58. The Morgan fingerprint density at radius 2 is 1.21 bits per heavy atom. The smallest absolute Gasteiger partial charge is 0.414 e. The van der Waals surface area contributed by atoms with Gasteiger partial charge in [-0.2, -0.15) is 23.5 Å². The first kappa shape index (κ1) is 21.9. The quantitative estimate of drug-likeness (QED) is 0.794. The van der Waals surface area contributed by atoms with Crippen molar-refractivity contribution in [2.75, 3.05) is 12.5 Å². The van der Waals surface area contributed by atoms with Crippen LogP contribution in [0.3, 0.4) is 0 Å². The van der Waals surface area contributed by atoms with Gasteiger partial charge in [-0.3, -0.25) is 9.97 Å². The Hall–Kier alpha value is -2.06. The summed E-state index contributed by atoms with van der Waals surface area (Å²) in [4.78, 5) is 26.5. The highest BCUT2D eigenvalue weighted by Crippen LogP contribution is 2.04. The number of hydrogen-bond acceptors (Lipinski definition) is 6. The minimum absolute atomic E-state index is 1.01. The summed E-state index contributed by atoms with van der Waals surface area (Å²) in [6.45, 7) is 0. The van der Waals surface area contributed by atoms with Gasteiger partial charge in [0, 0.05) is 23.9 Å². The van der Waals surface area contributed by atoms with Crippen LogP contribution in [0, 0.1) is 0 Å². The molecular formula is C16H20N2O4S2. The molecule has 0 aromatic carbocycles. The first-order valence-corrected chi connectivity index (χ1v) is 9.54. The number of nitrogens with zero attached hydrogens (tertiary/aromatic N) is 2. The molecule has 0 atom stereocenters. The monoisotopic (exact) mass is 368 g/mol. The summed E-state index contributed by atoms with van der Waals surface area (Å²) in [5.41, 5.74) is 2.31. The van der Waals surface area contributed by atoms with Crippen molar-refractivity contribution >= 4 is 35.5 Å². The Morgan fingerprint density at radius 1 is 0.833 bits per heavy atom. The first-order valence-electron chi connectivity index (χ1n) is 6.75. The van der Waals surface area contributed by atoms with Gasteiger partial charge < -0.3 is 10.2 Å². The van der Waals surface area contributed by atoms with Crippen LogP contribution in [0.5, 0.6) is 0 Å². The first-order chi connectivity index (χ1) is 11.5. The Kier molecular flexibility index (Phi) is 13.3. The molecule has 0 aliphatic carbocycles. The zero-order chi connectivity index (χ0) is 18.2. The van der Waals surface area contributed by atoms with Crippen molar-refractivity contribution < 1.29 is 19.8 Å². The van der Waals surface area contributed by atoms with Gasteiger partial charge in [0.1, 0.15) is 0 Å². The van der Waals surface area contributed by atoms with Gasteiger partial charge in [-0.1, -0.05) is 12.1 Å². The van der Waals surface area contributed by atoms with Gasteiger partial charge in [0.25, 0.3) is 0 Å². The standard InChI is InChI=1S/2C7H9NS.C2H2O4/c2*1-9-6-7-4-2-3-5-8-7;3-1(4)2(5)6/h2*2-5H,6H2,1H3;(H,3,4)(H,5,6). The van der Waals surface area contributed by atoms with Crippen molar-refractivity contribution in [2.24, 2.45) is 0 Å². The van der Waals surface area contributed by atoms with E-state index in [4.69, 9.17) is 19.8 Å². The average molecular weight is 368 g/mol. The van der Waals surface area contributed by atoms with Gasteiger partial charge in [0.15, 0.2) is 0 Å². The predicted octanol–water partition coefficient (Wildman–Crippen LogP) is 3.04. The van der Waals surface area contributed by atoms with Gasteiger partial charge in [-0.25, -0.2) is 9.59 Å². The molecule has 0 radical (unpaired) electrons. The molecule has 0 aliphatic rings. The van der Waals surface area contributed by atoms with E-state index >= 15 is 0 Å². The van der Waals surface area contributed by atoms with Crippen LogP contribution < -0.4 is 0 Å². The molecule has 0 bridgehead atoms. The number of pyridine rings is 2. The Balaban J connectivity index is 0.000000340. The minimum Gasteiger partial charge on any atom is -0.473 e. The predicted molar refractivity (Wildman–Crippen MR) is 98.2 cm³/mol. The van der Waals surface area contributed by atoms with E-state index in [-0.39, 0.29) is 0 Å². The molecule has 0 saturated heterocycles. The van der Waals surface area contributed by atoms with E-state index < -0.39 is 11.9 Å². The molecule has 24 heavy (non-hydrogen) atoms. The summed E-state index contributed by atoms with van der Waals surface area (Å²) in [5, 5.41) is 14.8. The molecule has 8 heteroatoms. The van der Waals surface area contributed by atoms with Crippen LogP contribution in [0.2, 0.25) is 0 Å². The van der Waals surface area contributed by atoms with Gasteiger partial charge in [0.05, 0.1) is 11.4 Å². The Labute approximate surface area is 149 Å². The fourth-order valence-corrected chi connectivity index (χ4v) is 2.20. The molecule has 2 aromatic rings. The number of rotatable bonds is 4. The fourth-order valence-electron chi connectivity index (χ4n) is 1.26. The zero-order valence-corrected chi connectivity index (χ0v) is 15.1. The second-order valence-corrected chi connectivity index (χ2v) is 5.85. The fraction of sp³-hybridized carbons (Fsp3) is 0.250. The second kappa shape index (κ2) is 14.5. The van der Waals surface area contributed by atoms with Crippen LogP contribution in [0.1, 0.15) is 11.4 Å². The molecule has 0 fully saturated rings. The van der Waals surface area contributed by atoms with Gasteiger partial charge in [-0.15, -0.1) is 0 Å². The van der Waals surface area contributed by atoms with Gasteiger partial charge in [0.2, 0.25) is 0 Å². The molecule has 2 rings (SSSR count). The molecule has 0 aliphatic heterocycles. The third-order valence-electron chi connectivity index (χ3n) is 2.22. The maximum Gasteiger partial charge on any atom is 0.414 e. The molecule has 6 nitrogen and oxygen atoms in total. The number of carboxylic acid groups (broad SMARTS) is 2.